The van der Waals surface area contributed by atoms with Gasteiger partial charge in [-0.15, -0.1) is 11.3 Å². The summed E-state index contributed by atoms with van der Waals surface area (Å²) < 4.78 is 0. The van der Waals surface area contributed by atoms with Gasteiger partial charge in [-0.05, 0) is 43.2 Å². The third-order valence-corrected chi connectivity index (χ3v) is 7.35. The van der Waals surface area contributed by atoms with Crippen LogP contribution in [0.2, 0.25) is 5.02 Å². The third kappa shape index (κ3) is 4.12. The van der Waals surface area contributed by atoms with Crippen LogP contribution in [-0.4, -0.2) is 36.1 Å². The largest absolute Gasteiger partial charge is 0.368 e. The third-order valence-electron chi connectivity index (χ3n) is 6.01. The van der Waals surface area contributed by atoms with Gasteiger partial charge < -0.3 is 9.80 Å². The topological polar surface area (TPSA) is 32.3 Å². The summed E-state index contributed by atoms with van der Waals surface area (Å²) in [6.45, 7) is 8.12. The van der Waals surface area contributed by atoms with Crippen LogP contribution in [0.25, 0.3) is 10.2 Å². The standard InChI is InChI=1S/C25H25ClN4S/c1-17-18(2)31-25-23(17)24(27-22(28-25)15-19-7-4-3-5-8-19)30-13-11-29(12-14-30)21-10-6-9-20(26)16-21/h3-10,16H,11-15H2,1-2H3. The Balaban J connectivity index is 1.46. The Morgan fingerprint density at radius 3 is 2.39 bits per heavy atom. The molecule has 0 amide bonds. The van der Waals surface area contributed by atoms with Crippen molar-refractivity contribution >= 4 is 44.7 Å². The van der Waals surface area contributed by atoms with E-state index in [9.17, 15) is 0 Å². The number of thiophene rings is 1. The quantitative estimate of drug-likeness (QED) is 0.390. The molecule has 0 bridgehead atoms. The maximum absolute atomic E-state index is 6.20. The van der Waals surface area contributed by atoms with Crippen molar-refractivity contribution < 1.29 is 0 Å². The first-order valence-electron chi connectivity index (χ1n) is 10.6. The maximum Gasteiger partial charge on any atom is 0.141 e. The van der Waals surface area contributed by atoms with E-state index in [1.165, 1.54) is 27.1 Å². The molecule has 0 N–H and O–H groups in total. The summed E-state index contributed by atoms with van der Waals surface area (Å²) >= 11 is 7.98. The van der Waals surface area contributed by atoms with Crippen molar-refractivity contribution in [3.63, 3.8) is 0 Å². The molecule has 2 aromatic heterocycles. The SMILES string of the molecule is Cc1sc2nc(Cc3ccccc3)nc(N3CCN(c4cccc(Cl)c4)CC3)c2c1C. The number of rotatable bonds is 4. The lowest BCUT2D eigenvalue weighted by Gasteiger charge is -2.37. The van der Waals surface area contributed by atoms with Crippen molar-refractivity contribution in [3.05, 3.63) is 81.4 Å². The van der Waals surface area contributed by atoms with E-state index < -0.39 is 0 Å². The molecule has 5 rings (SSSR count). The fourth-order valence-corrected chi connectivity index (χ4v) is 5.43. The predicted octanol–water partition coefficient (Wildman–Crippen LogP) is 5.88. The second kappa shape index (κ2) is 8.48. The van der Waals surface area contributed by atoms with Crippen LogP contribution in [0.1, 0.15) is 21.8 Å². The maximum atomic E-state index is 6.20. The Morgan fingerprint density at radius 2 is 1.65 bits per heavy atom. The number of aryl methyl sites for hydroxylation is 2. The molecule has 4 aromatic rings. The minimum Gasteiger partial charge on any atom is -0.368 e. The van der Waals surface area contributed by atoms with Crippen LogP contribution in [0.4, 0.5) is 11.5 Å². The number of benzene rings is 2. The molecular weight excluding hydrogens is 424 g/mol. The van der Waals surface area contributed by atoms with Crippen LogP contribution in [-0.2, 0) is 6.42 Å². The fourth-order valence-electron chi connectivity index (χ4n) is 4.21. The number of piperazine rings is 1. The zero-order valence-corrected chi connectivity index (χ0v) is 19.4. The van der Waals surface area contributed by atoms with E-state index in [2.05, 4.69) is 54.0 Å². The van der Waals surface area contributed by atoms with E-state index in [0.29, 0.717) is 0 Å². The molecule has 0 saturated carbocycles. The van der Waals surface area contributed by atoms with Gasteiger partial charge in [-0.2, -0.15) is 0 Å². The van der Waals surface area contributed by atoms with Crippen molar-refractivity contribution in [2.24, 2.45) is 0 Å². The van der Waals surface area contributed by atoms with Crippen molar-refractivity contribution in [1.82, 2.24) is 9.97 Å². The van der Waals surface area contributed by atoms with Crippen LogP contribution in [0, 0.1) is 13.8 Å². The van der Waals surface area contributed by atoms with Crippen molar-refractivity contribution in [1.29, 1.82) is 0 Å². The normalized spacial score (nSPS) is 14.4. The zero-order chi connectivity index (χ0) is 21.4. The highest BCUT2D eigenvalue weighted by Crippen LogP contribution is 2.36. The van der Waals surface area contributed by atoms with Gasteiger partial charge in [0, 0.05) is 48.2 Å². The Hall–Kier alpha value is -2.63. The summed E-state index contributed by atoms with van der Waals surface area (Å²) in [4.78, 5) is 17.3. The Kier molecular flexibility index (Phi) is 5.55. The van der Waals surface area contributed by atoms with Crippen LogP contribution in [0.3, 0.4) is 0 Å². The van der Waals surface area contributed by atoms with E-state index in [0.717, 1.165) is 54.1 Å². The molecule has 0 radical (unpaired) electrons. The first-order valence-corrected chi connectivity index (χ1v) is 11.8. The first kappa shape index (κ1) is 20.3. The summed E-state index contributed by atoms with van der Waals surface area (Å²) in [7, 11) is 0. The van der Waals surface area contributed by atoms with Gasteiger partial charge in [0.05, 0.1) is 5.39 Å². The van der Waals surface area contributed by atoms with E-state index in [1.807, 2.05) is 24.3 Å². The van der Waals surface area contributed by atoms with Gasteiger partial charge in [0.2, 0.25) is 0 Å². The van der Waals surface area contributed by atoms with Crippen LogP contribution in [0.5, 0.6) is 0 Å². The molecule has 1 aliphatic rings. The number of aromatic nitrogens is 2. The summed E-state index contributed by atoms with van der Waals surface area (Å²) in [5, 5.41) is 2.00. The lowest BCUT2D eigenvalue weighted by atomic mass is 10.1. The van der Waals surface area contributed by atoms with Gasteiger partial charge in [0.15, 0.2) is 0 Å². The number of fused-ring (bicyclic) bond motifs is 1. The highest BCUT2D eigenvalue weighted by atomic mass is 35.5. The first-order chi connectivity index (χ1) is 15.1. The van der Waals surface area contributed by atoms with E-state index >= 15 is 0 Å². The smallest absolute Gasteiger partial charge is 0.141 e. The molecule has 158 valence electrons. The highest BCUT2D eigenvalue weighted by Gasteiger charge is 2.23. The fraction of sp³-hybridized carbons (Fsp3) is 0.280. The molecule has 1 aliphatic heterocycles. The molecule has 31 heavy (non-hydrogen) atoms. The highest BCUT2D eigenvalue weighted by molar-refractivity contribution is 7.18. The molecule has 1 saturated heterocycles. The average molecular weight is 449 g/mol. The summed E-state index contributed by atoms with van der Waals surface area (Å²) in [6.07, 6.45) is 0.752. The predicted molar refractivity (Wildman–Crippen MR) is 132 cm³/mol. The number of hydrogen-bond acceptors (Lipinski definition) is 5. The lowest BCUT2D eigenvalue weighted by molar-refractivity contribution is 0.647. The number of halogens is 1. The number of hydrogen-bond donors (Lipinski definition) is 0. The van der Waals surface area contributed by atoms with Crippen LogP contribution in [0.15, 0.2) is 54.6 Å². The van der Waals surface area contributed by atoms with E-state index in [1.54, 1.807) is 11.3 Å². The van der Waals surface area contributed by atoms with Gasteiger partial charge in [0.25, 0.3) is 0 Å². The molecule has 0 unspecified atom stereocenters. The molecule has 1 fully saturated rings. The van der Waals surface area contributed by atoms with Gasteiger partial charge in [-0.3, -0.25) is 0 Å². The molecule has 4 nitrogen and oxygen atoms in total. The Bertz CT molecular complexity index is 1210. The van der Waals surface area contributed by atoms with Crippen molar-refractivity contribution in [3.8, 4) is 0 Å². The van der Waals surface area contributed by atoms with Crippen LogP contribution >= 0.6 is 22.9 Å². The molecule has 6 heteroatoms. The molecule has 3 heterocycles. The van der Waals surface area contributed by atoms with Crippen LogP contribution < -0.4 is 9.80 Å². The summed E-state index contributed by atoms with van der Waals surface area (Å²) in [6, 6.07) is 18.6. The molecule has 0 atom stereocenters. The minimum atomic E-state index is 0.752. The van der Waals surface area contributed by atoms with Gasteiger partial charge in [-0.1, -0.05) is 48.0 Å². The minimum absolute atomic E-state index is 0.752. The lowest BCUT2D eigenvalue weighted by Crippen LogP contribution is -2.47. The summed E-state index contributed by atoms with van der Waals surface area (Å²) in [5.41, 5.74) is 3.73. The molecular formula is C25H25ClN4S. The Morgan fingerprint density at radius 1 is 0.903 bits per heavy atom. The number of nitrogens with zero attached hydrogens (tertiary/aromatic N) is 4. The van der Waals surface area contributed by atoms with Crippen molar-refractivity contribution in [2.75, 3.05) is 36.0 Å². The molecule has 0 spiro atoms. The molecule has 2 aromatic carbocycles. The summed E-state index contributed by atoms with van der Waals surface area (Å²) in [5.74, 6) is 1.98. The van der Waals surface area contributed by atoms with Gasteiger partial charge in [-0.25, -0.2) is 9.97 Å². The van der Waals surface area contributed by atoms with E-state index in [4.69, 9.17) is 21.6 Å². The van der Waals surface area contributed by atoms with Gasteiger partial charge >= 0.3 is 0 Å². The second-order valence-corrected chi connectivity index (χ2v) is 9.68. The zero-order valence-electron chi connectivity index (χ0n) is 17.8. The second-order valence-electron chi connectivity index (χ2n) is 8.04. The van der Waals surface area contributed by atoms with Crippen molar-refractivity contribution in [2.45, 2.75) is 20.3 Å². The average Bonchev–Trinajstić information content (AvgIpc) is 3.07. The Labute approximate surface area is 192 Å². The molecule has 0 aliphatic carbocycles. The monoisotopic (exact) mass is 448 g/mol. The van der Waals surface area contributed by atoms with Gasteiger partial charge in [0.1, 0.15) is 16.5 Å². The number of anilines is 2. The van der Waals surface area contributed by atoms with E-state index in [-0.39, 0.29) is 0 Å².